The van der Waals surface area contributed by atoms with E-state index in [1.165, 1.54) is 0 Å². The highest BCUT2D eigenvalue weighted by molar-refractivity contribution is 7.99. The van der Waals surface area contributed by atoms with E-state index < -0.39 is 22.5 Å². The van der Waals surface area contributed by atoms with Gasteiger partial charge in [-0.1, -0.05) is 48.9 Å². The van der Waals surface area contributed by atoms with Crippen LogP contribution in [0, 0.1) is 6.92 Å². The minimum absolute atomic E-state index is 0.106. The number of carbonyl (C=O) groups is 1. The highest BCUT2D eigenvalue weighted by Crippen LogP contribution is 2.33. The maximum absolute atomic E-state index is 13.6. The predicted molar refractivity (Wildman–Crippen MR) is 135 cm³/mol. The summed E-state index contributed by atoms with van der Waals surface area (Å²) in [5, 5.41) is 2.87. The lowest BCUT2D eigenvalue weighted by Crippen LogP contribution is -2.38. The molecule has 0 saturated heterocycles. The average molecular weight is 485 g/mol. The molecule has 0 radical (unpaired) electrons. The average Bonchev–Trinajstić information content (AvgIpc) is 2.80. The van der Waals surface area contributed by atoms with Crippen LogP contribution in [0.5, 0.6) is 5.75 Å². The summed E-state index contributed by atoms with van der Waals surface area (Å²) in [5.74, 6) is 0.800. The Kier molecular flexibility index (Phi) is 8.41. The molecule has 0 aromatic heterocycles. The van der Waals surface area contributed by atoms with E-state index in [1.54, 1.807) is 60.3 Å². The highest BCUT2D eigenvalue weighted by atomic mass is 32.2. The summed E-state index contributed by atoms with van der Waals surface area (Å²) in [6.07, 6.45) is 0. The zero-order chi connectivity index (χ0) is 23.8. The van der Waals surface area contributed by atoms with Crippen LogP contribution in [-0.2, 0) is 14.8 Å². The third-order valence-electron chi connectivity index (χ3n) is 4.79. The van der Waals surface area contributed by atoms with Crippen molar-refractivity contribution in [3.05, 3.63) is 78.4 Å². The van der Waals surface area contributed by atoms with Gasteiger partial charge in [0.25, 0.3) is 10.0 Å². The molecule has 0 saturated carbocycles. The zero-order valence-electron chi connectivity index (χ0n) is 18.9. The van der Waals surface area contributed by atoms with Crippen LogP contribution in [0.4, 0.5) is 11.4 Å². The quantitative estimate of drug-likeness (QED) is 0.393. The molecule has 0 aliphatic heterocycles. The molecule has 0 unspecified atom stereocenters. The van der Waals surface area contributed by atoms with Crippen LogP contribution >= 0.6 is 11.8 Å². The van der Waals surface area contributed by atoms with Gasteiger partial charge in [-0.05, 0) is 56.0 Å². The Morgan fingerprint density at radius 2 is 1.64 bits per heavy atom. The monoisotopic (exact) mass is 484 g/mol. The Morgan fingerprint density at radius 1 is 0.970 bits per heavy atom. The van der Waals surface area contributed by atoms with Gasteiger partial charge in [-0.15, -0.1) is 11.8 Å². The number of rotatable bonds is 10. The third-order valence-corrected chi connectivity index (χ3v) is 7.52. The summed E-state index contributed by atoms with van der Waals surface area (Å²) in [7, 11) is -4.03. The highest BCUT2D eigenvalue weighted by Gasteiger charge is 2.29. The Balaban J connectivity index is 1.99. The van der Waals surface area contributed by atoms with Gasteiger partial charge in [0.05, 0.1) is 22.9 Å². The summed E-state index contributed by atoms with van der Waals surface area (Å²) < 4.78 is 34.1. The van der Waals surface area contributed by atoms with Gasteiger partial charge < -0.3 is 10.1 Å². The first-order valence-electron chi connectivity index (χ1n) is 10.7. The second-order valence-corrected chi connectivity index (χ2v) is 10.4. The topological polar surface area (TPSA) is 75.7 Å². The van der Waals surface area contributed by atoms with Crippen molar-refractivity contribution >= 4 is 39.1 Å². The first-order chi connectivity index (χ1) is 15.9. The molecule has 33 heavy (non-hydrogen) atoms. The van der Waals surface area contributed by atoms with Gasteiger partial charge >= 0.3 is 0 Å². The fourth-order valence-corrected chi connectivity index (χ4v) is 5.44. The minimum Gasteiger partial charge on any atom is -0.492 e. The second-order valence-electron chi connectivity index (χ2n) is 7.20. The number of hydrogen-bond acceptors (Lipinski definition) is 5. The fraction of sp³-hybridized carbons (Fsp3) is 0.240. The molecular weight excluding hydrogens is 456 g/mol. The van der Waals surface area contributed by atoms with Crippen LogP contribution in [0.1, 0.15) is 19.4 Å². The summed E-state index contributed by atoms with van der Waals surface area (Å²) in [5.41, 5.74) is 1.91. The molecule has 0 fully saturated rings. The summed E-state index contributed by atoms with van der Waals surface area (Å²) in [4.78, 5) is 14.1. The molecule has 0 atom stereocenters. The lowest BCUT2D eigenvalue weighted by atomic mass is 10.2. The van der Waals surface area contributed by atoms with Gasteiger partial charge in [0.1, 0.15) is 12.3 Å². The number of thioether (sulfide) groups is 1. The Hall–Kier alpha value is -2.97. The third kappa shape index (κ3) is 6.09. The number of anilines is 2. The first-order valence-corrected chi connectivity index (χ1v) is 13.1. The molecule has 3 rings (SSSR count). The molecule has 0 bridgehead atoms. The van der Waals surface area contributed by atoms with E-state index in [9.17, 15) is 13.2 Å². The number of benzene rings is 3. The fourth-order valence-electron chi connectivity index (χ4n) is 3.25. The van der Waals surface area contributed by atoms with Gasteiger partial charge in [0, 0.05) is 4.90 Å². The number of nitrogens with one attached hydrogen (secondary N) is 1. The van der Waals surface area contributed by atoms with Crippen molar-refractivity contribution in [3.8, 4) is 5.75 Å². The number of aryl methyl sites for hydroxylation is 1. The second kappa shape index (κ2) is 11.2. The first kappa shape index (κ1) is 24.7. The lowest BCUT2D eigenvalue weighted by Gasteiger charge is -2.26. The zero-order valence-corrected chi connectivity index (χ0v) is 20.6. The molecule has 3 aromatic carbocycles. The Morgan fingerprint density at radius 3 is 2.33 bits per heavy atom. The van der Waals surface area contributed by atoms with E-state index in [-0.39, 0.29) is 4.90 Å². The van der Waals surface area contributed by atoms with Crippen LogP contribution in [-0.4, -0.2) is 33.2 Å². The van der Waals surface area contributed by atoms with E-state index in [0.717, 1.165) is 20.5 Å². The van der Waals surface area contributed by atoms with Gasteiger partial charge in [0.2, 0.25) is 5.91 Å². The predicted octanol–water partition coefficient (Wildman–Crippen LogP) is 5.34. The number of carbonyl (C=O) groups excluding carboxylic acids is 1. The number of hydrogen-bond donors (Lipinski definition) is 1. The molecule has 1 N–H and O–H groups in total. The van der Waals surface area contributed by atoms with E-state index >= 15 is 0 Å². The van der Waals surface area contributed by atoms with Crippen molar-refractivity contribution in [3.63, 3.8) is 0 Å². The van der Waals surface area contributed by atoms with Crippen LogP contribution < -0.4 is 14.4 Å². The Labute approximate surface area is 200 Å². The van der Waals surface area contributed by atoms with Crippen molar-refractivity contribution in [2.45, 2.75) is 30.6 Å². The molecule has 0 aliphatic carbocycles. The van der Waals surface area contributed by atoms with Gasteiger partial charge in [-0.25, -0.2) is 8.42 Å². The van der Waals surface area contributed by atoms with Crippen molar-refractivity contribution in [2.24, 2.45) is 0 Å². The standard InChI is InChI=1S/C25H28N2O4S2/c1-4-31-23-12-8-7-11-22(23)27(33(29,30)20-16-14-19(3)15-17-20)18-25(28)26-21-10-6-9-13-24(21)32-5-2/h6-17H,4-5,18H2,1-3H3,(H,26,28). The van der Waals surface area contributed by atoms with Gasteiger partial charge in [-0.2, -0.15) is 0 Å². The molecule has 1 amide bonds. The van der Waals surface area contributed by atoms with Gasteiger partial charge in [0.15, 0.2) is 0 Å². The summed E-state index contributed by atoms with van der Waals surface area (Å²) in [6.45, 7) is 5.71. The maximum Gasteiger partial charge on any atom is 0.264 e. The molecular formula is C25H28N2O4S2. The van der Waals surface area contributed by atoms with Crippen molar-refractivity contribution in [2.75, 3.05) is 28.5 Å². The lowest BCUT2D eigenvalue weighted by molar-refractivity contribution is -0.114. The summed E-state index contributed by atoms with van der Waals surface area (Å²) in [6, 6.07) is 20.9. The molecule has 0 heterocycles. The van der Waals surface area contributed by atoms with E-state index in [1.807, 2.05) is 45.0 Å². The number of ether oxygens (including phenoxy) is 1. The smallest absolute Gasteiger partial charge is 0.264 e. The van der Waals surface area contributed by atoms with E-state index in [0.29, 0.717) is 23.7 Å². The van der Waals surface area contributed by atoms with Crippen molar-refractivity contribution < 1.29 is 17.9 Å². The molecule has 174 valence electrons. The number of para-hydroxylation sites is 3. The number of amides is 1. The number of sulfonamides is 1. The largest absolute Gasteiger partial charge is 0.492 e. The van der Waals surface area contributed by atoms with E-state index in [2.05, 4.69) is 5.32 Å². The van der Waals surface area contributed by atoms with Crippen molar-refractivity contribution in [1.29, 1.82) is 0 Å². The van der Waals surface area contributed by atoms with Crippen LogP contribution in [0.15, 0.2) is 82.6 Å². The summed E-state index contributed by atoms with van der Waals surface area (Å²) >= 11 is 1.61. The van der Waals surface area contributed by atoms with Crippen LogP contribution in [0.25, 0.3) is 0 Å². The van der Waals surface area contributed by atoms with Crippen LogP contribution in [0.2, 0.25) is 0 Å². The van der Waals surface area contributed by atoms with Crippen LogP contribution in [0.3, 0.4) is 0 Å². The van der Waals surface area contributed by atoms with E-state index in [4.69, 9.17) is 4.74 Å². The molecule has 8 heteroatoms. The SMILES string of the molecule is CCOc1ccccc1N(CC(=O)Nc1ccccc1SCC)S(=O)(=O)c1ccc(C)cc1. The molecule has 3 aromatic rings. The van der Waals surface area contributed by atoms with Crippen molar-refractivity contribution in [1.82, 2.24) is 0 Å². The maximum atomic E-state index is 13.6. The minimum atomic E-state index is -4.03. The molecule has 0 spiro atoms. The molecule has 6 nitrogen and oxygen atoms in total. The number of nitrogens with zero attached hydrogens (tertiary/aromatic N) is 1. The van der Waals surface area contributed by atoms with Gasteiger partial charge in [-0.3, -0.25) is 9.10 Å². The molecule has 0 aliphatic rings. The Bertz CT molecular complexity index is 1200. The normalized spacial score (nSPS) is 11.1.